The third kappa shape index (κ3) is 2.66. The van der Waals surface area contributed by atoms with Crippen molar-refractivity contribution in [2.45, 2.75) is 0 Å². The first-order valence-corrected chi connectivity index (χ1v) is 4.15. The highest BCUT2D eigenvalue weighted by molar-refractivity contribution is 5.44. The second kappa shape index (κ2) is 4.93. The van der Waals surface area contributed by atoms with Gasteiger partial charge in [0, 0.05) is 32.7 Å². The molecule has 1 saturated heterocycles. The van der Waals surface area contributed by atoms with E-state index < -0.39 is 0 Å². The quantitative estimate of drug-likeness (QED) is 0.548. The number of rotatable bonds is 3. The third-order valence-corrected chi connectivity index (χ3v) is 2.06. The highest BCUT2D eigenvalue weighted by Gasteiger charge is 2.13. The molecule has 1 aliphatic rings. The van der Waals surface area contributed by atoms with E-state index in [9.17, 15) is 4.79 Å². The van der Waals surface area contributed by atoms with Crippen LogP contribution in [0.15, 0.2) is 6.20 Å². The molecule has 0 aromatic carbocycles. The van der Waals surface area contributed by atoms with Crippen molar-refractivity contribution in [3.8, 4) is 0 Å². The molecule has 1 fully saturated rings. The number of hydrogen-bond donors (Lipinski definition) is 1. The Kier molecular flexibility index (Phi) is 3.80. The van der Waals surface area contributed by atoms with Gasteiger partial charge in [0.1, 0.15) is 5.94 Å². The van der Waals surface area contributed by atoms with Gasteiger partial charge >= 0.3 is 0 Å². The molecule has 0 bridgehead atoms. The van der Waals surface area contributed by atoms with Crippen molar-refractivity contribution < 1.29 is 9.90 Å². The fraction of sp³-hybridized carbons (Fsp3) is 0.750. The minimum Gasteiger partial charge on any atom is -0.395 e. The maximum Gasteiger partial charge on any atom is 0.142 e. The van der Waals surface area contributed by atoms with Crippen molar-refractivity contribution in [1.29, 1.82) is 0 Å². The largest absolute Gasteiger partial charge is 0.395 e. The molecule has 0 saturated carbocycles. The van der Waals surface area contributed by atoms with E-state index in [1.807, 2.05) is 4.90 Å². The molecular weight excluding hydrogens is 156 g/mol. The average Bonchev–Trinajstić information content (AvgIpc) is 2.09. The zero-order valence-electron chi connectivity index (χ0n) is 7.07. The van der Waals surface area contributed by atoms with Crippen LogP contribution >= 0.6 is 0 Å². The van der Waals surface area contributed by atoms with E-state index in [-0.39, 0.29) is 6.61 Å². The van der Waals surface area contributed by atoms with Crippen molar-refractivity contribution in [2.24, 2.45) is 0 Å². The Morgan fingerprint density at radius 2 is 2.00 bits per heavy atom. The predicted octanol–water partition coefficient (Wildman–Crippen LogP) is -1.06. The molecule has 0 radical (unpaired) electrons. The molecule has 1 heterocycles. The molecule has 12 heavy (non-hydrogen) atoms. The smallest absolute Gasteiger partial charge is 0.142 e. The number of aliphatic hydroxyl groups excluding tert-OH is 1. The van der Waals surface area contributed by atoms with Gasteiger partial charge in [0.15, 0.2) is 0 Å². The lowest BCUT2D eigenvalue weighted by molar-refractivity contribution is 0.139. The van der Waals surface area contributed by atoms with Crippen molar-refractivity contribution in [3.05, 3.63) is 6.20 Å². The molecule has 0 aromatic heterocycles. The number of piperazine rings is 1. The number of nitrogens with zero attached hydrogens (tertiary/aromatic N) is 2. The Balaban J connectivity index is 2.24. The first kappa shape index (κ1) is 9.26. The average molecular weight is 170 g/mol. The van der Waals surface area contributed by atoms with E-state index in [0.717, 1.165) is 32.7 Å². The normalized spacial score (nSPS) is 18.9. The molecule has 0 aliphatic carbocycles. The molecule has 68 valence electrons. The van der Waals surface area contributed by atoms with Crippen molar-refractivity contribution in [1.82, 2.24) is 9.80 Å². The summed E-state index contributed by atoms with van der Waals surface area (Å²) in [6.07, 6.45) is 1.45. The summed E-state index contributed by atoms with van der Waals surface area (Å²) in [5, 5.41) is 8.66. The van der Waals surface area contributed by atoms with Gasteiger partial charge in [0.25, 0.3) is 0 Å². The van der Waals surface area contributed by atoms with Crippen LogP contribution in [-0.2, 0) is 4.79 Å². The summed E-state index contributed by atoms with van der Waals surface area (Å²) in [7, 11) is 0. The summed E-state index contributed by atoms with van der Waals surface area (Å²) < 4.78 is 0. The number of carbonyl (C=O) groups excluding carboxylic acids is 1. The van der Waals surface area contributed by atoms with Crippen molar-refractivity contribution >= 4 is 5.94 Å². The van der Waals surface area contributed by atoms with Gasteiger partial charge in [-0.1, -0.05) is 0 Å². The van der Waals surface area contributed by atoms with E-state index >= 15 is 0 Å². The summed E-state index contributed by atoms with van der Waals surface area (Å²) in [6, 6.07) is 0. The van der Waals surface area contributed by atoms with E-state index in [1.165, 1.54) is 6.20 Å². The number of β-amino-alcohol motifs (C(OH)–C–C–N with tert-alkyl or cyclic N) is 1. The standard InChI is InChI=1S/C8H14N2O2/c11-7-5-9-1-2-10(4-3-9)6-8-12/h5,12H,1-4,6,8H2. The van der Waals surface area contributed by atoms with E-state index in [4.69, 9.17) is 5.11 Å². The Hall–Kier alpha value is -0.830. The van der Waals surface area contributed by atoms with Gasteiger partial charge in [0.2, 0.25) is 0 Å². The summed E-state index contributed by atoms with van der Waals surface area (Å²) in [6.45, 7) is 4.49. The van der Waals surface area contributed by atoms with Gasteiger partial charge in [-0.3, -0.25) is 4.90 Å². The van der Waals surface area contributed by atoms with Crippen LogP contribution in [-0.4, -0.2) is 60.2 Å². The SMILES string of the molecule is O=C=CN1CCN(CCO)CC1. The topological polar surface area (TPSA) is 43.8 Å². The zero-order valence-corrected chi connectivity index (χ0v) is 7.07. The maximum absolute atomic E-state index is 10.0. The third-order valence-electron chi connectivity index (χ3n) is 2.06. The van der Waals surface area contributed by atoms with E-state index in [1.54, 1.807) is 5.94 Å². The minimum absolute atomic E-state index is 0.212. The van der Waals surface area contributed by atoms with Crippen LogP contribution in [0.3, 0.4) is 0 Å². The number of hydrogen-bond acceptors (Lipinski definition) is 4. The fourth-order valence-electron chi connectivity index (χ4n) is 1.33. The maximum atomic E-state index is 10.0. The summed E-state index contributed by atoms with van der Waals surface area (Å²) in [4.78, 5) is 14.1. The number of aliphatic hydroxyl groups is 1. The summed E-state index contributed by atoms with van der Waals surface area (Å²) in [5.41, 5.74) is 0. The molecule has 0 atom stereocenters. The Labute approximate surface area is 72.1 Å². The minimum atomic E-state index is 0.212. The van der Waals surface area contributed by atoms with Gasteiger partial charge < -0.3 is 10.0 Å². The van der Waals surface area contributed by atoms with Gasteiger partial charge in [-0.15, -0.1) is 0 Å². The molecule has 1 N–H and O–H groups in total. The Morgan fingerprint density at radius 1 is 1.33 bits per heavy atom. The second-order valence-corrected chi connectivity index (χ2v) is 2.85. The lowest BCUT2D eigenvalue weighted by Crippen LogP contribution is -2.44. The summed E-state index contributed by atoms with van der Waals surface area (Å²) >= 11 is 0. The first-order chi connectivity index (χ1) is 5.86. The monoisotopic (exact) mass is 170 g/mol. The zero-order chi connectivity index (χ0) is 8.81. The lowest BCUT2D eigenvalue weighted by atomic mass is 10.3. The molecule has 4 heteroatoms. The van der Waals surface area contributed by atoms with Gasteiger partial charge in [0.05, 0.1) is 12.8 Å². The van der Waals surface area contributed by atoms with Crippen LogP contribution in [0.25, 0.3) is 0 Å². The van der Waals surface area contributed by atoms with Crippen LogP contribution in [0.2, 0.25) is 0 Å². The van der Waals surface area contributed by atoms with Crippen LogP contribution < -0.4 is 0 Å². The van der Waals surface area contributed by atoms with E-state index in [2.05, 4.69) is 4.90 Å². The lowest BCUT2D eigenvalue weighted by Gasteiger charge is -2.32. The Bertz CT molecular complexity index is 170. The highest BCUT2D eigenvalue weighted by atomic mass is 16.3. The Morgan fingerprint density at radius 3 is 2.50 bits per heavy atom. The van der Waals surface area contributed by atoms with Crippen LogP contribution in [0.4, 0.5) is 0 Å². The van der Waals surface area contributed by atoms with Gasteiger partial charge in [-0.25, -0.2) is 4.79 Å². The first-order valence-electron chi connectivity index (χ1n) is 4.15. The van der Waals surface area contributed by atoms with Gasteiger partial charge in [-0.2, -0.15) is 0 Å². The molecule has 0 amide bonds. The molecular formula is C8H14N2O2. The molecule has 1 rings (SSSR count). The highest BCUT2D eigenvalue weighted by Crippen LogP contribution is 1.99. The van der Waals surface area contributed by atoms with Crippen LogP contribution in [0.1, 0.15) is 0 Å². The van der Waals surface area contributed by atoms with Crippen molar-refractivity contribution in [3.63, 3.8) is 0 Å². The fourth-order valence-corrected chi connectivity index (χ4v) is 1.33. The molecule has 0 spiro atoms. The molecule has 0 unspecified atom stereocenters. The van der Waals surface area contributed by atoms with Crippen molar-refractivity contribution in [2.75, 3.05) is 39.3 Å². The van der Waals surface area contributed by atoms with Crippen LogP contribution in [0.5, 0.6) is 0 Å². The molecule has 4 nitrogen and oxygen atoms in total. The second-order valence-electron chi connectivity index (χ2n) is 2.85. The van der Waals surface area contributed by atoms with E-state index in [0.29, 0.717) is 0 Å². The summed E-state index contributed by atoms with van der Waals surface area (Å²) in [5.74, 6) is 1.77. The molecule has 0 aromatic rings. The molecule has 1 aliphatic heterocycles. The van der Waals surface area contributed by atoms with Crippen LogP contribution in [0, 0.1) is 0 Å². The van der Waals surface area contributed by atoms with Gasteiger partial charge in [-0.05, 0) is 0 Å². The predicted molar refractivity (Wildman–Crippen MR) is 45.4 cm³/mol.